The molecular weight excluding hydrogens is 462 g/mol. The van der Waals surface area contributed by atoms with Gasteiger partial charge in [0.2, 0.25) is 0 Å². The van der Waals surface area contributed by atoms with Crippen LogP contribution in [0.3, 0.4) is 0 Å². The van der Waals surface area contributed by atoms with Crippen molar-refractivity contribution in [3.63, 3.8) is 0 Å². The number of carboxylic acid groups (broad SMARTS) is 2. The molecule has 8 atom stereocenters. The minimum atomic E-state index is -2.18. The Hall–Kier alpha value is -0.150. The molecule has 2 heterocycles. The SMILES string of the molecule is O=C([O-])C(O)C(O)C1OB(O)OC1CO.O=C([O-])C(O)C(O)C1OB(O)OC1CO.[Ca+2]. The van der Waals surface area contributed by atoms with Crippen molar-refractivity contribution >= 4 is 64.3 Å². The Morgan fingerprint density at radius 3 is 1.26 bits per heavy atom. The average molecular weight is 482 g/mol. The first-order valence-electron chi connectivity index (χ1n) is 8.28. The van der Waals surface area contributed by atoms with Gasteiger partial charge in [-0.05, 0) is 0 Å². The van der Waals surface area contributed by atoms with Gasteiger partial charge in [-0.15, -0.1) is 0 Å². The van der Waals surface area contributed by atoms with Crippen LogP contribution in [0.1, 0.15) is 0 Å². The number of carbonyl (C=O) groups is 2. The predicted molar refractivity (Wildman–Crippen MR) is 89.4 cm³/mol. The van der Waals surface area contributed by atoms with E-state index < -0.39 is 88.6 Å². The summed E-state index contributed by atoms with van der Waals surface area (Å²) < 4.78 is 18.3. The quantitative estimate of drug-likeness (QED) is 0.149. The molecule has 2 saturated heterocycles. The molecule has 8 N–H and O–H groups in total. The summed E-state index contributed by atoms with van der Waals surface area (Å²) in [7, 11) is -3.34. The number of carbonyl (C=O) groups excluding carboxylic acids is 2. The van der Waals surface area contributed by atoms with Crippen LogP contribution < -0.4 is 10.2 Å². The third-order valence-electron chi connectivity index (χ3n) is 4.03. The second-order valence-corrected chi connectivity index (χ2v) is 6.04. The number of carboxylic acids is 2. The first-order valence-corrected chi connectivity index (χ1v) is 8.28. The molecule has 19 heteroatoms. The van der Waals surface area contributed by atoms with E-state index in [1.807, 2.05) is 0 Å². The number of aliphatic carboxylic acids is 2. The molecule has 16 nitrogen and oxygen atoms in total. The largest absolute Gasteiger partial charge is 2.00 e. The molecule has 0 spiro atoms. The zero-order valence-electron chi connectivity index (χ0n) is 15.7. The summed E-state index contributed by atoms with van der Waals surface area (Å²) in [5.41, 5.74) is 0. The Morgan fingerprint density at radius 1 is 0.742 bits per heavy atom. The summed E-state index contributed by atoms with van der Waals surface area (Å²) in [4.78, 5) is 20.5. The van der Waals surface area contributed by atoms with Gasteiger partial charge in [0.15, 0.2) is 0 Å². The molecule has 2 aliphatic heterocycles. The van der Waals surface area contributed by atoms with Crippen LogP contribution in [0.5, 0.6) is 0 Å². The van der Waals surface area contributed by atoms with E-state index in [-0.39, 0.29) is 37.7 Å². The molecule has 0 amide bonds. The minimum Gasteiger partial charge on any atom is -0.547 e. The van der Waals surface area contributed by atoms with Crippen LogP contribution in [-0.4, -0.2) is 167 Å². The third-order valence-corrected chi connectivity index (χ3v) is 4.03. The molecule has 0 aromatic rings. The smallest absolute Gasteiger partial charge is 0.547 e. The van der Waals surface area contributed by atoms with E-state index in [0.29, 0.717) is 0 Å². The van der Waals surface area contributed by atoms with Crippen molar-refractivity contribution in [2.24, 2.45) is 0 Å². The Labute approximate surface area is 204 Å². The van der Waals surface area contributed by atoms with E-state index in [9.17, 15) is 30.0 Å². The summed E-state index contributed by atoms with van der Waals surface area (Å²) in [6.07, 6.45) is -13.0. The zero-order chi connectivity index (χ0) is 23.2. The van der Waals surface area contributed by atoms with Gasteiger partial charge in [0.1, 0.15) is 36.6 Å². The molecule has 2 fully saturated rings. The monoisotopic (exact) mass is 482 g/mol. The van der Waals surface area contributed by atoms with Gasteiger partial charge in [-0.3, -0.25) is 0 Å². The fourth-order valence-electron chi connectivity index (χ4n) is 2.50. The Morgan fingerprint density at radius 2 is 1.03 bits per heavy atom. The van der Waals surface area contributed by atoms with Crippen LogP contribution in [0.25, 0.3) is 0 Å². The van der Waals surface area contributed by atoms with Crippen LogP contribution in [0.2, 0.25) is 0 Å². The fraction of sp³-hybridized carbons (Fsp3) is 0.833. The van der Waals surface area contributed by atoms with E-state index >= 15 is 0 Å². The summed E-state index contributed by atoms with van der Waals surface area (Å²) in [5, 5.41) is 92.2. The summed E-state index contributed by atoms with van der Waals surface area (Å²) in [5.74, 6) is -3.77. The molecular formula is C12H20B2CaO16. The maximum Gasteiger partial charge on any atom is 2.00 e. The van der Waals surface area contributed by atoms with E-state index in [1.165, 1.54) is 0 Å². The van der Waals surface area contributed by atoms with Crippen molar-refractivity contribution in [1.29, 1.82) is 0 Å². The summed E-state index contributed by atoms with van der Waals surface area (Å²) >= 11 is 0. The van der Waals surface area contributed by atoms with Crippen LogP contribution in [-0.2, 0) is 28.2 Å². The molecule has 2 aliphatic rings. The number of aliphatic hydroxyl groups excluding tert-OH is 6. The number of rotatable bonds is 8. The summed E-state index contributed by atoms with van der Waals surface area (Å²) in [6.45, 7) is -1.20. The van der Waals surface area contributed by atoms with Gasteiger partial charge in [-0.2, -0.15) is 0 Å². The maximum absolute atomic E-state index is 10.2. The summed E-state index contributed by atoms with van der Waals surface area (Å²) in [6, 6.07) is 0. The van der Waals surface area contributed by atoms with Crippen molar-refractivity contribution < 1.29 is 79.1 Å². The maximum atomic E-state index is 10.2. The topological polar surface area (TPSA) is 279 Å². The van der Waals surface area contributed by atoms with Gasteiger partial charge in [0.05, 0.1) is 37.4 Å². The first-order chi connectivity index (χ1) is 13.9. The first kappa shape index (κ1) is 30.8. The predicted octanol–water partition coefficient (Wildman–Crippen LogP) is -9.96. The van der Waals surface area contributed by atoms with Crippen molar-refractivity contribution in [1.82, 2.24) is 0 Å². The van der Waals surface area contributed by atoms with Crippen LogP contribution in [0, 0.1) is 0 Å². The molecule has 8 unspecified atom stereocenters. The Kier molecular flexibility index (Phi) is 14.1. The van der Waals surface area contributed by atoms with Crippen LogP contribution in [0.4, 0.5) is 0 Å². The second-order valence-electron chi connectivity index (χ2n) is 6.04. The molecule has 2 rings (SSSR count). The van der Waals surface area contributed by atoms with Crippen molar-refractivity contribution in [3.05, 3.63) is 0 Å². The molecule has 0 aromatic heterocycles. The van der Waals surface area contributed by atoms with E-state index in [1.54, 1.807) is 0 Å². The van der Waals surface area contributed by atoms with Crippen molar-refractivity contribution in [2.45, 2.75) is 48.8 Å². The Balaban J connectivity index is 0.000000562. The third kappa shape index (κ3) is 8.61. The molecule has 0 aromatic carbocycles. The number of aliphatic hydroxyl groups is 6. The standard InChI is InChI=1S/2C6H11BO8.Ca/c2*8-1-2-5(15-7(13)14-2)3(9)4(10)6(11)12;/h2*2-5,8-10,13H,1H2,(H,11,12);/q;;+2/p-2. The van der Waals surface area contributed by atoms with E-state index in [2.05, 4.69) is 18.6 Å². The zero-order valence-corrected chi connectivity index (χ0v) is 17.9. The van der Waals surface area contributed by atoms with E-state index in [4.69, 9.17) is 30.5 Å². The number of hydrogen-bond acceptors (Lipinski definition) is 16. The van der Waals surface area contributed by atoms with E-state index in [0.717, 1.165) is 0 Å². The van der Waals surface area contributed by atoms with Crippen molar-refractivity contribution in [2.75, 3.05) is 13.2 Å². The molecule has 0 bridgehead atoms. The Bertz CT molecular complexity index is 525. The molecule has 0 saturated carbocycles. The molecule has 31 heavy (non-hydrogen) atoms. The second kappa shape index (κ2) is 14.2. The molecule has 172 valence electrons. The van der Waals surface area contributed by atoms with Gasteiger partial charge in [-0.25, -0.2) is 0 Å². The van der Waals surface area contributed by atoms with Gasteiger partial charge >= 0.3 is 52.4 Å². The van der Waals surface area contributed by atoms with Gasteiger partial charge in [0.25, 0.3) is 0 Å². The molecule has 0 radical (unpaired) electrons. The van der Waals surface area contributed by atoms with Crippen molar-refractivity contribution in [3.8, 4) is 0 Å². The van der Waals surface area contributed by atoms with Gasteiger partial charge < -0.3 is 79.1 Å². The van der Waals surface area contributed by atoms with Gasteiger partial charge in [0, 0.05) is 0 Å². The average Bonchev–Trinajstić information content (AvgIpc) is 3.27. The molecule has 0 aliphatic carbocycles. The number of hydrogen-bond donors (Lipinski definition) is 8. The van der Waals surface area contributed by atoms with Crippen LogP contribution >= 0.6 is 0 Å². The fourth-order valence-corrected chi connectivity index (χ4v) is 2.50. The van der Waals surface area contributed by atoms with Crippen LogP contribution in [0.15, 0.2) is 0 Å². The minimum absolute atomic E-state index is 0. The normalized spacial score (nSPS) is 29.3. The van der Waals surface area contributed by atoms with Gasteiger partial charge in [-0.1, -0.05) is 0 Å².